The van der Waals surface area contributed by atoms with Crippen molar-refractivity contribution in [3.8, 4) is 0 Å². The third-order valence-corrected chi connectivity index (χ3v) is 6.98. The fourth-order valence-corrected chi connectivity index (χ4v) is 4.55. The van der Waals surface area contributed by atoms with E-state index in [2.05, 4.69) is 25.9 Å². The number of aromatic nitrogens is 2. The first-order valence-corrected chi connectivity index (χ1v) is 14.3. The number of nitrogens with two attached hydrogens (primary N) is 1. The fourth-order valence-electron chi connectivity index (χ4n) is 4.55. The Morgan fingerprint density at radius 1 is 1.17 bits per heavy atom. The minimum atomic E-state index is -1.82. The average molecular weight is 661 g/mol. The molecule has 0 aliphatic carbocycles. The number of benzene rings is 1. The average Bonchev–Trinajstić information content (AvgIpc) is 2.96. The molecule has 1 aliphatic heterocycles. The predicted octanol–water partition coefficient (Wildman–Crippen LogP) is -2.46. The quantitative estimate of drug-likeness (QED) is 0.0629. The monoisotopic (exact) mass is 660 g/mol. The van der Waals surface area contributed by atoms with Gasteiger partial charge in [0.05, 0.1) is 27.2 Å². The van der Waals surface area contributed by atoms with Crippen molar-refractivity contribution in [2.24, 2.45) is 0 Å². The van der Waals surface area contributed by atoms with Crippen LogP contribution in [0.2, 0.25) is 0 Å². The normalized spacial score (nSPS) is 14.7. The third-order valence-electron chi connectivity index (χ3n) is 6.98. The number of Topliss-reactive ketones (excluding diaryl/α,β-unsaturated/α-hetero) is 2. The van der Waals surface area contributed by atoms with Gasteiger partial charge in [0, 0.05) is 30.3 Å². The van der Waals surface area contributed by atoms with Crippen molar-refractivity contribution in [1.82, 2.24) is 15.3 Å². The first kappa shape index (κ1) is 37.8. The number of carbonyl (C=O) groups is 6. The van der Waals surface area contributed by atoms with Crippen LogP contribution >= 0.6 is 0 Å². The maximum atomic E-state index is 12.3. The Kier molecular flexibility index (Phi) is 12.7. The SMILES string of the molecule is CC(=O)C(O)(C[N+](C)(C)C)C(C)=O.Nc1nc2c(c(=O)[nH]1)N(C=O)[C@@H](CNc1ccc(C(=O)N[C@@H](CCC(=O)[O-])C(=O)O)cc1)CN2. The molecule has 0 spiro atoms. The molecule has 8 N–H and O–H groups in total. The van der Waals surface area contributed by atoms with Crippen LogP contribution in [0.4, 0.5) is 23.1 Å². The van der Waals surface area contributed by atoms with Gasteiger partial charge in [0.25, 0.3) is 11.5 Å². The predicted molar refractivity (Wildman–Crippen MR) is 167 cm³/mol. The summed E-state index contributed by atoms with van der Waals surface area (Å²) in [5.74, 6) is -4.29. The van der Waals surface area contributed by atoms with Crippen LogP contribution in [0, 0.1) is 0 Å². The minimum Gasteiger partial charge on any atom is -0.550 e. The molecule has 1 aromatic heterocycles. The summed E-state index contributed by atoms with van der Waals surface area (Å²) in [7, 11) is 5.45. The Hall–Kier alpha value is -5.36. The highest BCUT2D eigenvalue weighted by Crippen LogP contribution is 2.25. The van der Waals surface area contributed by atoms with Gasteiger partial charge in [0.2, 0.25) is 18.0 Å². The number of nitrogens with zero attached hydrogens (tertiary/aromatic N) is 3. The van der Waals surface area contributed by atoms with E-state index in [4.69, 9.17) is 10.8 Å². The maximum absolute atomic E-state index is 12.3. The van der Waals surface area contributed by atoms with Crippen LogP contribution in [0.15, 0.2) is 29.1 Å². The second-order valence-corrected chi connectivity index (χ2v) is 11.9. The summed E-state index contributed by atoms with van der Waals surface area (Å²) in [6.07, 6.45) is -0.278. The number of hydrogen-bond donors (Lipinski definition) is 7. The van der Waals surface area contributed by atoms with Crippen molar-refractivity contribution in [2.75, 3.05) is 62.0 Å². The number of amides is 2. The molecule has 256 valence electrons. The van der Waals surface area contributed by atoms with Crippen LogP contribution in [0.5, 0.6) is 0 Å². The number of fused-ring (bicyclic) bond motifs is 1. The molecule has 0 radical (unpaired) electrons. The molecule has 0 saturated carbocycles. The van der Waals surface area contributed by atoms with Crippen LogP contribution in [0.25, 0.3) is 0 Å². The first-order chi connectivity index (χ1) is 21.8. The smallest absolute Gasteiger partial charge is 0.326 e. The van der Waals surface area contributed by atoms with Crippen LogP contribution in [0.3, 0.4) is 0 Å². The zero-order chi connectivity index (χ0) is 35.7. The first-order valence-electron chi connectivity index (χ1n) is 14.3. The maximum Gasteiger partial charge on any atom is 0.326 e. The number of nitrogen functional groups attached to an aromatic ring is 1. The Balaban J connectivity index is 0.000000500. The van der Waals surface area contributed by atoms with Gasteiger partial charge in [-0.2, -0.15) is 4.98 Å². The molecule has 2 atom stereocenters. The van der Waals surface area contributed by atoms with Crippen LogP contribution < -0.4 is 37.2 Å². The highest BCUT2D eigenvalue weighted by Gasteiger charge is 2.43. The molecule has 0 saturated heterocycles. The number of carbonyl (C=O) groups excluding carboxylic acids is 5. The standard InChI is InChI=1S/C20H23N7O7.C9H18NO3/c21-20-25-16-15(18(32)26-20)27(9-28)12(8-23-16)7-22-11-3-1-10(2-4-11)17(31)24-13(19(33)34)5-6-14(29)30;1-7(11)9(13,8(2)12)6-10(3,4)5/h1-4,9,12-13,22H,5-8H2,(H,24,31)(H,29,30)(H,33,34)(H4,21,23,25,26,32);13H,6H2,1-5H3/q;+1/p-1/t12-,13-;/m0./s1. The van der Waals surface area contributed by atoms with Crippen LogP contribution in [0.1, 0.15) is 37.0 Å². The van der Waals surface area contributed by atoms with E-state index >= 15 is 0 Å². The zero-order valence-corrected chi connectivity index (χ0v) is 26.7. The molecule has 0 fully saturated rings. The van der Waals surface area contributed by atoms with E-state index in [0.717, 1.165) is 0 Å². The van der Waals surface area contributed by atoms with Gasteiger partial charge < -0.3 is 51.2 Å². The summed E-state index contributed by atoms with van der Waals surface area (Å²) in [5, 5.41) is 37.8. The second-order valence-electron chi connectivity index (χ2n) is 11.9. The summed E-state index contributed by atoms with van der Waals surface area (Å²) < 4.78 is 0.371. The molecule has 1 aromatic carbocycles. The number of rotatable bonds is 14. The fraction of sp³-hybridized carbons (Fsp3) is 0.448. The largest absolute Gasteiger partial charge is 0.550 e. The number of aliphatic hydroxyl groups is 1. The second kappa shape index (κ2) is 15.8. The highest BCUT2D eigenvalue weighted by atomic mass is 16.4. The molecule has 0 bridgehead atoms. The van der Waals surface area contributed by atoms with Crippen LogP contribution in [-0.4, -0.2) is 119 Å². The number of likely N-dealkylation sites (N-methyl/N-ethyl adjacent to an activating group) is 1. The molecule has 2 heterocycles. The Morgan fingerprint density at radius 3 is 2.23 bits per heavy atom. The van der Waals surface area contributed by atoms with Crippen molar-refractivity contribution in [3.63, 3.8) is 0 Å². The molecule has 47 heavy (non-hydrogen) atoms. The molecule has 18 heteroatoms. The molecular weight excluding hydrogens is 620 g/mol. The lowest BCUT2D eigenvalue weighted by Crippen LogP contribution is -2.57. The van der Waals surface area contributed by atoms with Gasteiger partial charge in [-0.15, -0.1) is 0 Å². The molecule has 2 aromatic rings. The number of nitrogens with one attached hydrogen (secondary N) is 4. The van der Waals surface area contributed by atoms with E-state index in [1.165, 1.54) is 30.9 Å². The number of aromatic amines is 1. The summed E-state index contributed by atoms with van der Waals surface area (Å²) in [5.41, 5.74) is 3.98. The van der Waals surface area contributed by atoms with Gasteiger partial charge in [-0.25, -0.2) is 4.79 Å². The van der Waals surface area contributed by atoms with Gasteiger partial charge in [-0.1, -0.05) is 0 Å². The van der Waals surface area contributed by atoms with Crippen molar-refractivity contribution in [1.29, 1.82) is 0 Å². The zero-order valence-electron chi connectivity index (χ0n) is 26.7. The topological polar surface area (TPSA) is 277 Å². The van der Waals surface area contributed by atoms with E-state index in [1.54, 1.807) is 12.1 Å². The minimum absolute atomic E-state index is 0.0564. The third kappa shape index (κ3) is 10.6. The lowest BCUT2D eigenvalue weighted by Gasteiger charge is -2.34. The van der Waals surface area contributed by atoms with E-state index in [9.17, 15) is 43.8 Å². The summed E-state index contributed by atoms with van der Waals surface area (Å²) >= 11 is 0. The van der Waals surface area contributed by atoms with Crippen molar-refractivity contribution in [3.05, 3.63) is 40.2 Å². The summed E-state index contributed by atoms with van der Waals surface area (Å²) in [4.78, 5) is 87.8. The van der Waals surface area contributed by atoms with E-state index in [0.29, 0.717) is 23.1 Å². The highest BCUT2D eigenvalue weighted by molar-refractivity contribution is 6.08. The lowest BCUT2D eigenvalue weighted by molar-refractivity contribution is -0.874. The number of carboxylic acids is 2. The van der Waals surface area contributed by atoms with Crippen molar-refractivity contribution in [2.45, 2.75) is 44.4 Å². The number of aliphatic carboxylic acids is 2. The molecule has 0 unspecified atom stereocenters. The summed E-state index contributed by atoms with van der Waals surface area (Å²) in [6.45, 7) is 3.13. The number of hydrogen-bond acceptors (Lipinski definition) is 13. The van der Waals surface area contributed by atoms with E-state index < -0.39 is 59.1 Å². The number of carboxylic acid groups (broad SMARTS) is 2. The van der Waals surface area contributed by atoms with Gasteiger partial charge in [0.1, 0.15) is 12.6 Å². The van der Waals surface area contributed by atoms with Crippen molar-refractivity contribution >= 4 is 59.0 Å². The van der Waals surface area contributed by atoms with Gasteiger partial charge in [-0.05, 0) is 51.0 Å². The van der Waals surface area contributed by atoms with Crippen LogP contribution in [-0.2, 0) is 24.0 Å². The van der Waals surface area contributed by atoms with Crippen molar-refractivity contribution < 1.29 is 48.6 Å². The number of anilines is 4. The Morgan fingerprint density at radius 2 is 1.77 bits per heavy atom. The lowest BCUT2D eigenvalue weighted by atomic mass is 9.94. The molecule has 1 aliphatic rings. The van der Waals surface area contributed by atoms with E-state index in [-0.39, 0.29) is 42.5 Å². The van der Waals surface area contributed by atoms with Gasteiger partial charge in [0.15, 0.2) is 23.1 Å². The number of ketones is 2. The molecule has 3 rings (SSSR count). The molecule has 2 amide bonds. The number of H-pyrrole nitrogens is 1. The Labute approximate surface area is 269 Å². The van der Waals surface area contributed by atoms with E-state index in [1.807, 2.05) is 21.1 Å². The number of quaternary nitrogens is 1. The molecule has 18 nitrogen and oxygen atoms in total. The Bertz CT molecular complexity index is 1540. The van der Waals surface area contributed by atoms with Gasteiger partial charge >= 0.3 is 5.97 Å². The van der Waals surface area contributed by atoms with Gasteiger partial charge in [-0.3, -0.25) is 29.0 Å². The summed E-state index contributed by atoms with van der Waals surface area (Å²) in [6, 6.07) is 4.27. The molecular formula is C29H40N8O10.